The van der Waals surface area contributed by atoms with E-state index in [0.717, 1.165) is 20.6 Å². The van der Waals surface area contributed by atoms with E-state index in [1.165, 1.54) is 11.3 Å². The first-order valence-corrected chi connectivity index (χ1v) is 9.59. The number of nitrogens with zero attached hydrogens (tertiary/aromatic N) is 1. The number of aryl methyl sites for hydroxylation is 1. The average molecular weight is 424 g/mol. The molecule has 2 N–H and O–H groups in total. The lowest BCUT2D eigenvalue weighted by Gasteiger charge is -2.17. The molecule has 0 spiro atoms. The average Bonchev–Trinajstić information content (AvgIpc) is 2.87. The Morgan fingerprint density at radius 3 is 2.44 bits per heavy atom. The summed E-state index contributed by atoms with van der Waals surface area (Å²) in [5.74, 6) is -0.228. The van der Waals surface area contributed by atoms with Gasteiger partial charge in [-0.15, -0.1) is 11.3 Å². The Hall–Kier alpha value is -1.73. The van der Waals surface area contributed by atoms with Gasteiger partial charge in [0.1, 0.15) is 0 Å². The summed E-state index contributed by atoms with van der Waals surface area (Å²) in [5, 5.41) is 6.14. The third-order valence-electron chi connectivity index (χ3n) is 3.48. The molecule has 1 aromatic carbocycles. The van der Waals surface area contributed by atoms with Crippen LogP contribution in [0.5, 0.6) is 0 Å². The van der Waals surface area contributed by atoms with Gasteiger partial charge in [-0.25, -0.2) is 4.98 Å². The van der Waals surface area contributed by atoms with Gasteiger partial charge < -0.3 is 10.6 Å². The van der Waals surface area contributed by atoms with Crippen LogP contribution in [-0.4, -0.2) is 23.3 Å². The van der Waals surface area contributed by atoms with Gasteiger partial charge in [-0.3, -0.25) is 9.59 Å². The minimum atomic E-state index is -0.456. The van der Waals surface area contributed by atoms with Crippen molar-refractivity contribution in [3.05, 3.63) is 33.6 Å². The first-order valence-electron chi connectivity index (χ1n) is 7.98. The number of carbonyl (C=O) groups is 2. The number of benzene rings is 1. The molecule has 5 nitrogen and oxygen atoms in total. The zero-order chi connectivity index (χ0) is 18.6. The number of thiazole rings is 1. The maximum absolute atomic E-state index is 12.0. The fourth-order valence-electron chi connectivity index (χ4n) is 2.06. The molecular formula is C18H22BrN3O2S. The molecule has 2 amide bonds. The smallest absolute Gasteiger partial charge is 0.227 e. The molecule has 0 unspecified atom stereocenters. The molecule has 0 aliphatic rings. The third-order valence-corrected chi connectivity index (χ3v) is 4.89. The molecule has 0 bridgehead atoms. The summed E-state index contributed by atoms with van der Waals surface area (Å²) in [5.41, 5.74) is 1.42. The molecule has 0 saturated heterocycles. The minimum absolute atomic E-state index is 0.0667. The van der Waals surface area contributed by atoms with Crippen molar-refractivity contribution in [1.29, 1.82) is 0 Å². The van der Waals surface area contributed by atoms with E-state index in [2.05, 4.69) is 31.5 Å². The second-order valence-electron chi connectivity index (χ2n) is 6.73. The highest BCUT2D eigenvalue weighted by Gasteiger charge is 2.20. The van der Waals surface area contributed by atoms with Crippen LogP contribution in [0.3, 0.4) is 0 Å². The fraction of sp³-hybridized carbons (Fsp3) is 0.389. The van der Waals surface area contributed by atoms with Gasteiger partial charge in [-0.05, 0) is 19.1 Å². The van der Waals surface area contributed by atoms with Crippen molar-refractivity contribution >= 4 is 44.2 Å². The van der Waals surface area contributed by atoms with E-state index >= 15 is 0 Å². The Bertz CT molecular complexity index is 764. The quantitative estimate of drug-likeness (QED) is 0.749. The summed E-state index contributed by atoms with van der Waals surface area (Å²) >= 11 is 4.86. The predicted octanol–water partition coefficient (Wildman–Crippen LogP) is 4.37. The Balaban J connectivity index is 1.93. The SMILES string of the molecule is Cc1sc(NC(=O)CCNC(=O)C(C)(C)C)nc1-c1ccc(Br)cc1. The molecule has 0 radical (unpaired) electrons. The van der Waals surface area contributed by atoms with Crippen molar-refractivity contribution in [3.63, 3.8) is 0 Å². The first-order chi connectivity index (χ1) is 11.7. The molecule has 2 aromatic rings. The van der Waals surface area contributed by atoms with Crippen LogP contribution in [0.4, 0.5) is 5.13 Å². The highest BCUT2D eigenvalue weighted by Crippen LogP contribution is 2.31. The Kier molecular flexibility index (Phi) is 6.35. The maximum atomic E-state index is 12.0. The number of aromatic nitrogens is 1. The van der Waals surface area contributed by atoms with Crippen molar-refractivity contribution in [3.8, 4) is 11.3 Å². The number of amides is 2. The predicted molar refractivity (Wildman–Crippen MR) is 106 cm³/mol. The van der Waals surface area contributed by atoms with Gasteiger partial charge in [0.15, 0.2) is 5.13 Å². The van der Waals surface area contributed by atoms with Gasteiger partial charge in [0, 0.05) is 33.3 Å². The van der Waals surface area contributed by atoms with Gasteiger partial charge in [0.25, 0.3) is 0 Å². The van der Waals surface area contributed by atoms with Gasteiger partial charge in [-0.2, -0.15) is 0 Å². The molecule has 1 aromatic heterocycles. The van der Waals surface area contributed by atoms with Crippen LogP contribution in [0, 0.1) is 12.3 Å². The van der Waals surface area contributed by atoms with Crippen molar-refractivity contribution < 1.29 is 9.59 Å². The highest BCUT2D eigenvalue weighted by atomic mass is 79.9. The molecule has 2 rings (SSSR count). The van der Waals surface area contributed by atoms with Crippen LogP contribution in [0.25, 0.3) is 11.3 Å². The number of hydrogen-bond donors (Lipinski definition) is 2. The number of anilines is 1. The Morgan fingerprint density at radius 1 is 1.20 bits per heavy atom. The van der Waals surface area contributed by atoms with E-state index in [4.69, 9.17) is 0 Å². The molecule has 1 heterocycles. The molecule has 0 fully saturated rings. The lowest BCUT2D eigenvalue weighted by molar-refractivity contribution is -0.128. The van der Waals surface area contributed by atoms with E-state index < -0.39 is 5.41 Å². The largest absolute Gasteiger partial charge is 0.355 e. The monoisotopic (exact) mass is 423 g/mol. The van der Waals surface area contributed by atoms with Crippen molar-refractivity contribution in [2.75, 3.05) is 11.9 Å². The molecular weight excluding hydrogens is 402 g/mol. The summed E-state index contributed by atoms with van der Waals surface area (Å²) in [4.78, 5) is 29.4. The van der Waals surface area contributed by atoms with E-state index in [1.807, 2.05) is 52.0 Å². The van der Waals surface area contributed by atoms with Crippen LogP contribution < -0.4 is 10.6 Å². The number of carbonyl (C=O) groups excluding carboxylic acids is 2. The summed E-state index contributed by atoms with van der Waals surface area (Å²) < 4.78 is 1.01. The summed E-state index contributed by atoms with van der Waals surface area (Å²) in [6.07, 6.45) is 0.216. The van der Waals surface area contributed by atoms with Gasteiger partial charge in [0.2, 0.25) is 11.8 Å². The Labute approximate surface area is 160 Å². The lowest BCUT2D eigenvalue weighted by atomic mass is 9.96. The number of halogens is 1. The summed E-state index contributed by atoms with van der Waals surface area (Å²) in [6, 6.07) is 7.90. The van der Waals surface area contributed by atoms with Crippen LogP contribution in [0.15, 0.2) is 28.7 Å². The van der Waals surface area contributed by atoms with Crippen molar-refractivity contribution in [1.82, 2.24) is 10.3 Å². The zero-order valence-electron chi connectivity index (χ0n) is 14.8. The maximum Gasteiger partial charge on any atom is 0.227 e. The number of hydrogen-bond acceptors (Lipinski definition) is 4. The summed E-state index contributed by atoms with van der Waals surface area (Å²) in [7, 11) is 0. The Morgan fingerprint density at radius 2 is 1.84 bits per heavy atom. The van der Waals surface area contributed by atoms with Gasteiger partial charge in [0.05, 0.1) is 5.69 Å². The van der Waals surface area contributed by atoms with Crippen LogP contribution in [0.2, 0.25) is 0 Å². The molecule has 0 atom stereocenters. The molecule has 134 valence electrons. The molecule has 25 heavy (non-hydrogen) atoms. The number of nitrogens with one attached hydrogen (secondary N) is 2. The van der Waals surface area contributed by atoms with Gasteiger partial charge in [-0.1, -0.05) is 48.8 Å². The van der Waals surface area contributed by atoms with Crippen molar-refractivity contribution in [2.45, 2.75) is 34.1 Å². The molecule has 0 aliphatic heterocycles. The van der Waals surface area contributed by atoms with Crippen LogP contribution in [0.1, 0.15) is 32.1 Å². The second-order valence-corrected chi connectivity index (χ2v) is 8.85. The van der Waals surface area contributed by atoms with Crippen molar-refractivity contribution in [2.24, 2.45) is 5.41 Å². The minimum Gasteiger partial charge on any atom is -0.355 e. The molecule has 7 heteroatoms. The van der Waals surface area contributed by atoms with E-state index in [1.54, 1.807) is 0 Å². The standard InChI is InChI=1S/C18H22BrN3O2S/c1-11-15(12-5-7-13(19)8-6-12)22-17(25-11)21-14(23)9-10-20-16(24)18(2,3)4/h5-8H,9-10H2,1-4H3,(H,20,24)(H,21,22,23). The third kappa shape index (κ3) is 5.64. The molecule has 0 saturated carbocycles. The fourth-order valence-corrected chi connectivity index (χ4v) is 3.18. The summed E-state index contributed by atoms with van der Waals surface area (Å²) in [6.45, 7) is 7.80. The van der Waals surface area contributed by atoms with Crippen LogP contribution in [-0.2, 0) is 9.59 Å². The van der Waals surface area contributed by atoms with E-state index in [9.17, 15) is 9.59 Å². The van der Waals surface area contributed by atoms with Gasteiger partial charge >= 0.3 is 0 Å². The highest BCUT2D eigenvalue weighted by molar-refractivity contribution is 9.10. The van der Waals surface area contributed by atoms with E-state index in [-0.39, 0.29) is 18.2 Å². The van der Waals surface area contributed by atoms with E-state index in [0.29, 0.717) is 11.7 Å². The molecule has 0 aliphatic carbocycles. The second kappa shape index (κ2) is 8.10. The topological polar surface area (TPSA) is 71.1 Å². The van der Waals surface area contributed by atoms with Crippen LogP contribution >= 0.6 is 27.3 Å². The lowest BCUT2D eigenvalue weighted by Crippen LogP contribution is -2.36. The normalized spacial score (nSPS) is 11.2. The number of rotatable bonds is 5. The zero-order valence-corrected chi connectivity index (χ0v) is 17.2. The first kappa shape index (κ1) is 19.6.